The van der Waals surface area contributed by atoms with E-state index in [0.29, 0.717) is 17.2 Å². The van der Waals surface area contributed by atoms with Crippen molar-refractivity contribution in [2.24, 2.45) is 7.05 Å². The maximum absolute atomic E-state index is 5.81. The molecular weight excluding hydrogens is 246 g/mol. The summed E-state index contributed by atoms with van der Waals surface area (Å²) in [7, 11) is 1.73. The van der Waals surface area contributed by atoms with Gasteiger partial charge in [0, 0.05) is 7.05 Å². The summed E-state index contributed by atoms with van der Waals surface area (Å²) in [6.07, 6.45) is 2.92. The quantitative estimate of drug-likeness (QED) is 0.674. The molecule has 2 heterocycles. The second-order valence-electron chi connectivity index (χ2n) is 2.75. The van der Waals surface area contributed by atoms with E-state index in [1.165, 1.54) is 12.7 Å². The fourth-order valence-corrected chi connectivity index (χ4v) is 1.89. The molecule has 2 aliphatic heterocycles. The molecule has 0 saturated carbocycles. The van der Waals surface area contributed by atoms with Crippen LogP contribution in [-0.4, -0.2) is 19.5 Å². The maximum Gasteiger partial charge on any atom is 0.232 e. The number of fused-ring (bicyclic) bond motifs is 1. The number of hydrogen-bond donors (Lipinski definition) is 0. The minimum Gasteiger partial charge on any atom is -0.333 e. The average Bonchev–Trinajstić information content (AvgIpc) is 2.48. The van der Waals surface area contributed by atoms with Crippen LogP contribution in [0.3, 0.4) is 0 Å². The zero-order valence-electron chi connectivity index (χ0n) is 7.08. The molecule has 0 fully saturated rings. The Bertz CT molecular complexity index is 433. The second-order valence-corrected chi connectivity index (χ2v) is 5.03. The van der Waals surface area contributed by atoms with Crippen molar-refractivity contribution in [3.8, 4) is 11.5 Å². The van der Waals surface area contributed by atoms with Crippen molar-refractivity contribution in [2.75, 3.05) is 0 Å². The molecule has 0 atom stereocenters. The van der Waals surface area contributed by atoms with Crippen LogP contribution in [0.25, 0.3) is 11.5 Å². The van der Waals surface area contributed by atoms with E-state index >= 15 is 0 Å². The molecule has 0 aromatic heterocycles. The molecule has 0 radical (unpaired) electrons. The maximum atomic E-state index is 5.81. The van der Waals surface area contributed by atoms with Crippen LogP contribution < -0.4 is 0 Å². The van der Waals surface area contributed by atoms with Gasteiger partial charge in [0.15, 0.2) is 5.82 Å². The van der Waals surface area contributed by atoms with Crippen LogP contribution in [0.2, 0.25) is 0 Å². The van der Waals surface area contributed by atoms with Gasteiger partial charge in [0.1, 0.15) is 17.7 Å². The summed E-state index contributed by atoms with van der Waals surface area (Å²) in [6.45, 7) is 0. The summed E-state index contributed by atoms with van der Waals surface area (Å²) in [5.41, 5.74) is 0.972. The highest BCUT2D eigenvalue weighted by molar-refractivity contribution is 6.66. The van der Waals surface area contributed by atoms with Gasteiger partial charge in [-0.05, 0) is 0 Å². The van der Waals surface area contributed by atoms with E-state index in [1.54, 1.807) is 11.6 Å². The van der Waals surface area contributed by atoms with Gasteiger partial charge < -0.3 is 4.57 Å². The summed E-state index contributed by atoms with van der Waals surface area (Å²) in [5, 5.41) is 0. The lowest BCUT2D eigenvalue weighted by Crippen LogP contribution is -2.14. The number of nitrogens with zero attached hydrogens (tertiary/aromatic N) is 4. The lowest BCUT2D eigenvalue weighted by Gasteiger charge is -2.17. The van der Waals surface area contributed by atoms with Gasteiger partial charge in [-0.25, -0.2) is 15.0 Å². The number of aryl methyl sites for hydroxylation is 1. The molecule has 2 rings (SSSR count). The highest BCUT2D eigenvalue weighted by Gasteiger charge is 2.32. The van der Waals surface area contributed by atoms with Crippen LogP contribution >= 0.6 is 34.8 Å². The fraction of sp³-hybridized carbons (Fsp3) is 0.286. The number of halogens is 3. The van der Waals surface area contributed by atoms with E-state index in [2.05, 4.69) is 15.0 Å². The first-order valence-electron chi connectivity index (χ1n) is 3.69. The average molecular weight is 252 g/mol. The van der Waals surface area contributed by atoms with Crippen molar-refractivity contribution in [3.05, 3.63) is 18.3 Å². The SMILES string of the molecule is Cn1cnc2ncnc-2c1C(Cl)(Cl)Cl. The molecule has 0 amide bonds. The second kappa shape index (κ2) is 3.22. The van der Waals surface area contributed by atoms with Gasteiger partial charge in [-0.15, -0.1) is 0 Å². The standard InChI is InChI=1S/C7H5Cl3N4/c1-14-3-13-6-4(11-2-12-6)5(14)7(8,9)10/h2-3H,1H3. The minimum absolute atomic E-state index is 0.463. The number of hydrogen-bond acceptors (Lipinski definition) is 3. The predicted molar refractivity (Wildman–Crippen MR) is 54.7 cm³/mol. The number of rotatable bonds is 0. The minimum atomic E-state index is -1.53. The first-order chi connectivity index (χ1) is 6.50. The molecule has 0 saturated heterocycles. The monoisotopic (exact) mass is 250 g/mol. The van der Waals surface area contributed by atoms with E-state index in [-0.39, 0.29) is 0 Å². The zero-order chi connectivity index (χ0) is 10.3. The van der Waals surface area contributed by atoms with Gasteiger partial charge >= 0.3 is 0 Å². The number of alkyl halides is 3. The van der Waals surface area contributed by atoms with Crippen molar-refractivity contribution in [3.63, 3.8) is 0 Å². The molecule has 0 N–H and O–H groups in total. The van der Waals surface area contributed by atoms with E-state index in [4.69, 9.17) is 34.8 Å². The Labute approximate surface area is 95.2 Å². The molecule has 2 aliphatic rings. The summed E-state index contributed by atoms with van der Waals surface area (Å²) < 4.78 is 0.0863. The van der Waals surface area contributed by atoms with Gasteiger partial charge in [-0.1, -0.05) is 34.8 Å². The summed E-state index contributed by atoms with van der Waals surface area (Å²) in [5.74, 6) is 0.476. The molecule has 0 aliphatic carbocycles. The normalized spacial score (nSPS) is 12.3. The van der Waals surface area contributed by atoms with Crippen LogP contribution in [0.4, 0.5) is 0 Å². The Hall–Kier alpha value is -0.580. The molecule has 4 nitrogen and oxygen atoms in total. The summed E-state index contributed by atoms with van der Waals surface area (Å²) in [4.78, 5) is 11.9. The Morgan fingerprint density at radius 1 is 1.21 bits per heavy atom. The number of imidazole rings is 1. The Morgan fingerprint density at radius 3 is 2.57 bits per heavy atom. The van der Waals surface area contributed by atoms with Gasteiger partial charge in [0.05, 0.1) is 6.33 Å². The first-order valence-corrected chi connectivity index (χ1v) is 4.83. The van der Waals surface area contributed by atoms with E-state index in [0.717, 1.165) is 0 Å². The van der Waals surface area contributed by atoms with Gasteiger partial charge in [-0.2, -0.15) is 0 Å². The van der Waals surface area contributed by atoms with E-state index in [9.17, 15) is 0 Å². The molecule has 7 heteroatoms. The van der Waals surface area contributed by atoms with Crippen molar-refractivity contribution >= 4 is 34.8 Å². The fourth-order valence-electron chi connectivity index (χ4n) is 1.22. The molecule has 14 heavy (non-hydrogen) atoms. The Morgan fingerprint density at radius 2 is 1.93 bits per heavy atom. The highest BCUT2D eigenvalue weighted by atomic mass is 35.6. The lowest BCUT2D eigenvalue weighted by atomic mass is 10.3. The van der Waals surface area contributed by atoms with Crippen LogP contribution in [0.15, 0.2) is 12.7 Å². The molecule has 0 aromatic carbocycles. The predicted octanol–water partition coefficient (Wildman–Crippen LogP) is 2.14. The molecule has 74 valence electrons. The van der Waals surface area contributed by atoms with Crippen molar-refractivity contribution in [2.45, 2.75) is 3.79 Å². The first kappa shape index (κ1) is 9.96. The molecule has 0 unspecified atom stereocenters. The molecular formula is C7H5Cl3N4. The Balaban J connectivity index is 2.75. The van der Waals surface area contributed by atoms with Gasteiger partial charge in [0.25, 0.3) is 0 Å². The highest BCUT2D eigenvalue weighted by Crippen LogP contribution is 2.41. The van der Waals surface area contributed by atoms with Gasteiger partial charge in [0.2, 0.25) is 3.79 Å². The smallest absolute Gasteiger partial charge is 0.232 e. The van der Waals surface area contributed by atoms with Crippen LogP contribution in [-0.2, 0) is 10.8 Å². The lowest BCUT2D eigenvalue weighted by molar-refractivity contribution is 0.789. The van der Waals surface area contributed by atoms with E-state index < -0.39 is 3.79 Å². The van der Waals surface area contributed by atoms with Crippen molar-refractivity contribution in [1.82, 2.24) is 19.5 Å². The number of aromatic nitrogens is 4. The van der Waals surface area contributed by atoms with Crippen molar-refractivity contribution in [1.29, 1.82) is 0 Å². The third kappa shape index (κ3) is 1.54. The largest absolute Gasteiger partial charge is 0.333 e. The molecule has 0 bridgehead atoms. The zero-order valence-corrected chi connectivity index (χ0v) is 9.35. The molecule has 0 aromatic rings. The summed E-state index contributed by atoms with van der Waals surface area (Å²) >= 11 is 17.4. The third-order valence-electron chi connectivity index (χ3n) is 1.78. The topological polar surface area (TPSA) is 43.6 Å². The third-order valence-corrected chi connectivity index (χ3v) is 2.31. The van der Waals surface area contributed by atoms with Gasteiger partial charge in [-0.3, -0.25) is 0 Å². The van der Waals surface area contributed by atoms with Crippen molar-refractivity contribution < 1.29 is 0 Å². The van der Waals surface area contributed by atoms with Crippen LogP contribution in [0.5, 0.6) is 0 Å². The molecule has 0 spiro atoms. The Kier molecular flexibility index (Phi) is 2.29. The summed E-state index contributed by atoms with van der Waals surface area (Å²) in [6, 6.07) is 0. The van der Waals surface area contributed by atoms with Crippen LogP contribution in [0.1, 0.15) is 5.69 Å². The van der Waals surface area contributed by atoms with E-state index in [1.807, 2.05) is 0 Å². The van der Waals surface area contributed by atoms with Crippen LogP contribution in [0, 0.1) is 0 Å².